The molecule has 9 heteroatoms. The van der Waals surface area contributed by atoms with E-state index in [-0.39, 0.29) is 55.6 Å². The van der Waals surface area contributed by atoms with Crippen LogP contribution >= 0.6 is 0 Å². The molecule has 1 aromatic carbocycles. The van der Waals surface area contributed by atoms with Crippen LogP contribution in [0.1, 0.15) is 36.8 Å². The van der Waals surface area contributed by atoms with Gasteiger partial charge in [0.15, 0.2) is 0 Å². The predicted octanol–water partition coefficient (Wildman–Crippen LogP) is 2.57. The largest absolute Gasteiger partial charge is 0.376 e. The third-order valence-electron chi connectivity index (χ3n) is 5.27. The highest BCUT2D eigenvalue weighted by Gasteiger charge is 2.21. The molecule has 3 amide bonds. The summed E-state index contributed by atoms with van der Waals surface area (Å²) in [5.41, 5.74) is 1.64. The molecule has 0 spiro atoms. The number of aromatic nitrogens is 1. The Morgan fingerprint density at radius 1 is 1.15 bits per heavy atom. The number of pyridine rings is 1. The summed E-state index contributed by atoms with van der Waals surface area (Å²) in [6, 6.07) is 9.29. The minimum absolute atomic E-state index is 0.00544. The van der Waals surface area contributed by atoms with Crippen molar-refractivity contribution in [1.29, 1.82) is 0 Å². The molecule has 0 radical (unpaired) electrons. The van der Waals surface area contributed by atoms with Crippen LogP contribution in [0, 0.1) is 12.7 Å². The quantitative estimate of drug-likeness (QED) is 0.572. The molecule has 1 saturated heterocycles. The minimum atomic E-state index is -0.382. The summed E-state index contributed by atoms with van der Waals surface area (Å²) >= 11 is 0. The molecule has 1 aromatic heterocycles. The van der Waals surface area contributed by atoms with E-state index in [1.54, 1.807) is 24.4 Å². The Hall–Kier alpha value is -3.33. The first-order valence-corrected chi connectivity index (χ1v) is 11.0. The fourth-order valence-corrected chi connectivity index (χ4v) is 3.49. The smallest absolute Gasteiger partial charge is 0.239 e. The molecule has 1 fully saturated rings. The second kappa shape index (κ2) is 12.1. The molecule has 8 nitrogen and oxygen atoms in total. The Morgan fingerprint density at radius 3 is 2.64 bits per heavy atom. The number of amides is 3. The Labute approximate surface area is 192 Å². The first-order valence-electron chi connectivity index (χ1n) is 11.0. The number of rotatable bonds is 10. The zero-order valence-corrected chi connectivity index (χ0v) is 18.7. The first-order chi connectivity index (χ1) is 15.9. The van der Waals surface area contributed by atoms with E-state index in [0.717, 1.165) is 18.4 Å². The zero-order valence-electron chi connectivity index (χ0n) is 18.7. The number of nitrogens with zero attached hydrogens (tertiary/aromatic N) is 2. The fraction of sp³-hybridized carbons (Fsp3) is 0.417. The van der Waals surface area contributed by atoms with Gasteiger partial charge in [0, 0.05) is 38.7 Å². The summed E-state index contributed by atoms with van der Waals surface area (Å²) in [4.78, 5) is 43.0. The highest BCUT2D eigenvalue weighted by Crippen LogP contribution is 2.12. The van der Waals surface area contributed by atoms with Gasteiger partial charge in [-0.2, -0.15) is 0 Å². The molecule has 176 valence electrons. The summed E-state index contributed by atoms with van der Waals surface area (Å²) in [5.74, 6) is -0.962. The number of nitrogens with one attached hydrogen (secondary N) is 2. The van der Waals surface area contributed by atoms with Gasteiger partial charge in [-0.15, -0.1) is 0 Å². The van der Waals surface area contributed by atoms with Crippen molar-refractivity contribution in [3.05, 3.63) is 59.5 Å². The van der Waals surface area contributed by atoms with E-state index < -0.39 is 0 Å². The molecule has 1 atom stereocenters. The molecular weight excluding hydrogens is 427 g/mol. The molecule has 2 aromatic rings. The molecule has 1 aliphatic heterocycles. The molecule has 0 bridgehead atoms. The lowest BCUT2D eigenvalue weighted by atomic mass is 10.2. The Bertz CT molecular complexity index is 961. The highest BCUT2D eigenvalue weighted by molar-refractivity contribution is 5.93. The molecule has 33 heavy (non-hydrogen) atoms. The number of benzene rings is 1. The Balaban J connectivity index is 1.56. The second-order valence-electron chi connectivity index (χ2n) is 8.08. The van der Waals surface area contributed by atoms with Crippen molar-refractivity contribution in [2.45, 2.75) is 45.3 Å². The van der Waals surface area contributed by atoms with Crippen molar-refractivity contribution in [3.63, 3.8) is 0 Å². The lowest BCUT2D eigenvalue weighted by Crippen LogP contribution is -2.42. The van der Waals surface area contributed by atoms with Crippen LogP contribution in [-0.2, 0) is 25.7 Å². The third kappa shape index (κ3) is 8.27. The van der Waals surface area contributed by atoms with Crippen LogP contribution in [0.3, 0.4) is 0 Å². The van der Waals surface area contributed by atoms with E-state index in [2.05, 4.69) is 15.6 Å². The van der Waals surface area contributed by atoms with Crippen LogP contribution in [0.5, 0.6) is 0 Å². The summed E-state index contributed by atoms with van der Waals surface area (Å²) in [6.45, 7) is 2.94. The molecule has 2 N–H and O–H groups in total. The van der Waals surface area contributed by atoms with Crippen LogP contribution in [-0.4, -0.2) is 53.4 Å². The third-order valence-corrected chi connectivity index (χ3v) is 5.27. The summed E-state index contributed by atoms with van der Waals surface area (Å²) in [5, 5.41) is 5.47. The number of anilines is 1. The van der Waals surface area contributed by atoms with Gasteiger partial charge in [-0.1, -0.05) is 12.1 Å². The summed E-state index contributed by atoms with van der Waals surface area (Å²) in [6.07, 6.45) is 3.33. The van der Waals surface area contributed by atoms with Gasteiger partial charge >= 0.3 is 0 Å². The van der Waals surface area contributed by atoms with Crippen molar-refractivity contribution >= 4 is 23.5 Å². The van der Waals surface area contributed by atoms with Crippen molar-refractivity contribution in [3.8, 4) is 0 Å². The first kappa shape index (κ1) is 24.3. The SMILES string of the molecule is Cc1ccnc(NC(=O)CCC(=O)N(CC(=O)NC[C@@H]2CCCO2)Cc2ccc(F)cc2)c1. The van der Waals surface area contributed by atoms with Crippen LogP contribution in [0.25, 0.3) is 0 Å². The lowest BCUT2D eigenvalue weighted by molar-refractivity contribution is -0.137. The minimum Gasteiger partial charge on any atom is -0.376 e. The number of carbonyl (C=O) groups excluding carboxylic acids is 3. The number of aryl methyl sites for hydroxylation is 1. The van der Waals surface area contributed by atoms with E-state index in [1.165, 1.54) is 17.0 Å². The highest BCUT2D eigenvalue weighted by atomic mass is 19.1. The standard InChI is InChI=1S/C24H29FN4O4/c1-17-10-11-26-21(13-17)28-22(30)8-9-24(32)29(15-18-4-6-19(25)7-5-18)16-23(31)27-14-20-3-2-12-33-20/h4-7,10-11,13,20H,2-3,8-9,12,14-16H2,1H3,(H,27,31)(H,26,28,30)/t20-/m0/s1. The average molecular weight is 457 g/mol. The Morgan fingerprint density at radius 2 is 1.94 bits per heavy atom. The summed E-state index contributed by atoms with van der Waals surface area (Å²) in [7, 11) is 0. The van der Waals surface area contributed by atoms with Gasteiger partial charge in [-0.25, -0.2) is 9.37 Å². The van der Waals surface area contributed by atoms with Crippen LogP contribution in [0.2, 0.25) is 0 Å². The average Bonchev–Trinajstić information content (AvgIpc) is 3.31. The van der Waals surface area contributed by atoms with Crippen molar-refractivity contribution in [2.75, 3.05) is 25.0 Å². The number of hydrogen-bond acceptors (Lipinski definition) is 5. The Kier molecular flexibility index (Phi) is 8.88. The maximum atomic E-state index is 13.2. The van der Waals surface area contributed by atoms with Crippen LogP contribution in [0.15, 0.2) is 42.6 Å². The van der Waals surface area contributed by atoms with E-state index in [0.29, 0.717) is 24.5 Å². The van der Waals surface area contributed by atoms with Crippen molar-refractivity contribution in [2.24, 2.45) is 0 Å². The van der Waals surface area contributed by atoms with Crippen molar-refractivity contribution < 1.29 is 23.5 Å². The predicted molar refractivity (Wildman–Crippen MR) is 121 cm³/mol. The molecule has 0 saturated carbocycles. The van der Waals surface area contributed by atoms with E-state index in [9.17, 15) is 18.8 Å². The van der Waals surface area contributed by atoms with E-state index >= 15 is 0 Å². The van der Waals surface area contributed by atoms with Crippen LogP contribution < -0.4 is 10.6 Å². The lowest BCUT2D eigenvalue weighted by Gasteiger charge is -2.23. The van der Waals surface area contributed by atoms with Gasteiger partial charge in [-0.3, -0.25) is 14.4 Å². The normalized spacial score (nSPS) is 15.2. The second-order valence-corrected chi connectivity index (χ2v) is 8.08. The maximum Gasteiger partial charge on any atom is 0.239 e. The zero-order chi connectivity index (χ0) is 23.6. The summed E-state index contributed by atoms with van der Waals surface area (Å²) < 4.78 is 18.8. The maximum absolute atomic E-state index is 13.2. The van der Waals surface area contributed by atoms with Gasteiger partial charge in [0.05, 0.1) is 12.6 Å². The van der Waals surface area contributed by atoms with Crippen LogP contribution in [0.4, 0.5) is 10.2 Å². The van der Waals surface area contributed by atoms with Gasteiger partial charge in [-0.05, 0) is 55.2 Å². The number of ether oxygens (including phenoxy) is 1. The molecule has 2 heterocycles. The molecular formula is C24H29FN4O4. The van der Waals surface area contributed by atoms with Gasteiger partial charge < -0.3 is 20.3 Å². The van der Waals surface area contributed by atoms with Crippen molar-refractivity contribution in [1.82, 2.24) is 15.2 Å². The molecule has 1 aliphatic rings. The number of carbonyl (C=O) groups is 3. The van der Waals surface area contributed by atoms with Gasteiger partial charge in [0.25, 0.3) is 0 Å². The monoisotopic (exact) mass is 456 g/mol. The molecule has 0 aliphatic carbocycles. The topological polar surface area (TPSA) is 101 Å². The van der Waals surface area contributed by atoms with Gasteiger partial charge in [0.2, 0.25) is 17.7 Å². The molecule has 3 rings (SSSR count). The van der Waals surface area contributed by atoms with E-state index in [4.69, 9.17) is 4.74 Å². The van der Waals surface area contributed by atoms with E-state index in [1.807, 2.05) is 13.0 Å². The number of halogens is 1. The fourth-order valence-electron chi connectivity index (χ4n) is 3.49. The molecule has 0 unspecified atom stereocenters. The number of hydrogen-bond donors (Lipinski definition) is 2. The van der Waals surface area contributed by atoms with Gasteiger partial charge in [0.1, 0.15) is 11.6 Å².